The highest BCUT2D eigenvalue weighted by Crippen LogP contribution is 2.43. The Kier molecular flexibility index (Phi) is 27.4. The van der Waals surface area contributed by atoms with Gasteiger partial charge in [0.25, 0.3) is 0 Å². The van der Waals surface area contributed by atoms with Crippen molar-refractivity contribution in [1.29, 1.82) is 0 Å². The Morgan fingerprint density at radius 2 is 1.35 bits per heavy atom. The molecule has 0 bridgehead atoms. The molecule has 0 saturated carbocycles. The van der Waals surface area contributed by atoms with Crippen LogP contribution in [0.4, 0.5) is 0 Å². The normalized spacial score (nSPS) is 14.8. The lowest BCUT2D eigenvalue weighted by atomic mass is 10.1. The van der Waals surface area contributed by atoms with E-state index in [0.717, 1.165) is 64.2 Å². The topological polar surface area (TPSA) is 117 Å². The fourth-order valence-corrected chi connectivity index (χ4v) is 4.12. The van der Waals surface area contributed by atoms with E-state index in [1.807, 2.05) is 6.92 Å². The summed E-state index contributed by atoms with van der Waals surface area (Å²) in [6.07, 6.45) is 32.5. The Balaban J connectivity index is 3.89. The van der Waals surface area contributed by atoms with E-state index >= 15 is 0 Å². The molecule has 0 saturated heterocycles. The summed E-state index contributed by atoms with van der Waals surface area (Å²) in [5.41, 5.74) is 5.27. The van der Waals surface area contributed by atoms with E-state index < -0.39 is 19.9 Å². The highest BCUT2D eigenvalue weighted by atomic mass is 31.2. The first-order chi connectivity index (χ1) is 19.4. The molecular formula is C31H54NO7P. The molecule has 9 heteroatoms. The van der Waals surface area contributed by atoms with Gasteiger partial charge in [0.15, 0.2) is 0 Å². The van der Waals surface area contributed by atoms with Crippen molar-refractivity contribution < 1.29 is 32.8 Å². The average molecular weight is 584 g/mol. The summed E-state index contributed by atoms with van der Waals surface area (Å²) in [4.78, 5) is 21.5. The first kappa shape index (κ1) is 38.2. The van der Waals surface area contributed by atoms with Gasteiger partial charge < -0.3 is 20.1 Å². The number of hydrogen-bond donors (Lipinski definition) is 2. The van der Waals surface area contributed by atoms with Crippen LogP contribution in [-0.4, -0.2) is 49.9 Å². The van der Waals surface area contributed by atoms with Gasteiger partial charge in [-0.2, -0.15) is 0 Å². The Morgan fingerprint density at radius 3 is 1.93 bits per heavy atom. The highest BCUT2D eigenvalue weighted by Gasteiger charge is 2.25. The number of unbranched alkanes of at least 4 members (excludes halogenated alkanes) is 4. The van der Waals surface area contributed by atoms with Crippen LogP contribution in [0, 0.1) is 0 Å². The van der Waals surface area contributed by atoms with E-state index in [1.165, 1.54) is 0 Å². The zero-order valence-electron chi connectivity index (χ0n) is 24.8. The second kappa shape index (κ2) is 28.7. The minimum atomic E-state index is -4.25. The molecule has 0 aliphatic heterocycles. The Bertz CT molecular complexity index is 793. The van der Waals surface area contributed by atoms with Gasteiger partial charge in [0, 0.05) is 19.6 Å². The van der Waals surface area contributed by atoms with E-state index in [2.05, 4.69) is 67.7 Å². The molecule has 8 nitrogen and oxygen atoms in total. The summed E-state index contributed by atoms with van der Waals surface area (Å²) in [5, 5.41) is 0. The summed E-state index contributed by atoms with van der Waals surface area (Å²) >= 11 is 0. The Labute approximate surface area is 243 Å². The van der Waals surface area contributed by atoms with Crippen molar-refractivity contribution in [1.82, 2.24) is 0 Å². The number of phosphoric ester groups is 1. The lowest BCUT2D eigenvalue weighted by Gasteiger charge is -2.19. The van der Waals surface area contributed by atoms with Crippen LogP contribution in [0.5, 0.6) is 0 Å². The maximum Gasteiger partial charge on any atom is 0.472 e. The monoisotopic (exact) mass is 583 g/mol. The summed E-state index contributed by atoms with van der Waals surface area (Å²) in [7, 11) is -4.25. The van der Waals surface area contributed by atoms with Crippen LogP contribution >= 0.6 is 7.82 Å². The molecule has 0 radical (unpaired) electrons. The van der Waals surface area contributed by atoms with Crippen molar-refractivity contribution in [3.63, 3.8) is 0 Å². The van der Waals surface area contributed by atoms with Crippen LogP contribution in [0.3, 0.4) is 0 Å². The maximum absolute atomic E-state index is 11.8. The number of carbonyl (C=O) groups excluding carboxylic acids is 1. The first-order valence-electron chi connectivity index (χ1n) is 14.8. The van der Waals surface area contributed by atoms with Gasteiger partial charge in [0.1, 0.15) is 6.10 Å². The zero-order chi connectivity index (χ0) is 29.6. The standard InChI is InChI=1S/C31H54NO7P/c1-3-5-6-7-8-9-10-11-12-13-14-15-16-17-18-19-20-21-22-23-26-36-28-30(39-31(33)24-4-2)29-38-40(34,35)37-27-25-32/h5-6,8-9,11-12,14-15,17-18,30H,3-4,7,10,13,16,19-29,32H2,1-2H3,(H,34,35)/b6-5-,9-8-,12-11-,15-14-,18-17-. The smallest absolute Gasteiger partial charge is 0.457 e. The molecule has 0 heterocycles. The fourth-order valence-electron chi connectivity index (χ4n) is 3.35. The van der Waals surface area contributed by atoms with E-state index in [-0.39, 0.29) is 32.8 Å². The molecule has 0 aromatic heterocycles. The lowest BCUT2D eigenvalue weighted by Crippen LogP contribution is -2.28. The molecular weight excluding hydrogens is 529 g/mol. The van der Waals surface area contributed by atoms with E-state index in [0.29, 0.717) is 13.0 Å². The molecule has 40 heavy (non-hydrogen) atoms. The van der Waals surface area contributed by atoms with E-state index in [9.17, 15) is 14.3 Å². The Hall–Kier alpha value is -1.80. The van der Waals surface area contributed by atoms with Crippen molar-refractivity contribution >= 4 is 13.8 Å². The Morgan fingerprint density at radius 1 is 0.775 bits per heavy atom. The van der Waals surface area contributed by atoms with Crippen LogP contribution in [0.1, 0.15) is 90.9 Å². The van der Waals surface area contributed by atoms with Crippen molar-refractivity contribution in [3.05, 3.63) is 60.8 Å². The van der Waals surface area contributed by atoms with E-state index in [1.54, 1.807) is 0 Å². The van der Waals surface area contributed by atoms with Gasteiger partial charge in [0.2, 0.25) is 0 Å². The van der Waals surface area contributed by atoms with Crippen LogP contribution in [-0.2, 0) is 27.9 Å². The minimum Gasteiger partial charge on any atom is -0.457 e. The average Bonchev–Trinajstić information content (AvgIpc) is 2.93. The molecule has 2 unspecified atom stereocenters. The quantitative estimate of drug-likeness (QED) is 0.0442. The van der Waals surface area contributed by atoms with Gasteiger partial charge in [-0.05, 0) is 57.8 Å². The summed E-state index contributed by atoms with van der Waals surface area (Å²) < 4.78 is 32.4. The van der Waals surface area contributed by atoms with Crippen LogP contribution in [0.25, 0.3) is 0 Å². The van der Waals surface area contributed by atoms with Gasteiger partial charge in [-0.3, -0.25) is 13.8 Å². The number of phosphoric acid groups is 1. The number of ether oxygens (including phenoxy) is 2. The fraction of sp³-hybridized carbons (Fsp3) is 0.645. The van der Waals surface area contributed by atoms with Gasteiger partial charge >= 0.3 is 13.8 Å². The van der Waals surface area contributed by atoms with Crippen molar-refractivity contribution in [2.45, 2.75) is 97.0 Å². The third-order valence-electron chi connectivity index (χ3n) is 5.42. The summed E-state index contributed by atoms with van der Waals surface area (Å²) in [5.74, 6) is -0.398. The van der Waals surface area contributed by atoms with Gasteiger partial charge in [0.05, 0.1) is 19.8 Å². The number of esters is 1. The van der Waals surface area contributed by atoms with Gasteiger partial charge in [-0.15, -0.1) is 0 Å². The number of rotatable bonds is 27. The maximum atomic E-state index is 11.8. The SMILES string of the molecule is CC/C=C\C/C=C\C/C=C\C/C=C\C/C=C\CCCCCCOCC(COP(=O)(O)OCCN)OC(=O)CCC. The molecule has 3 N–H and O–H groups in total. The molecule has 0 fully saturated rings. The molecule has 0 rings (SSSR count). The third kappa shape index (κ3) is 27.8. The predicted octanol–water partition coefficient (Wildman–Crippen LogP) is 7.51. The van der Waals surface area contributed by atoms with Crippen LogP contribution in [0.2, 0.25) is 0 Å². The molecule has 0 aromatic carbocycles. The second-order valence-corrected chi connectivity index (χ2v) is 10.7. The van der Waals surface area contributed by atoms with Crippen molar-refractivity contribution in [2.24, 2.45) is 5.73 Å². The largest absolute Gasteiger partial charge is 0.472 e. The molecule has 0 spiro atoms. The molecule has 2 atom stereocenters. The molecule has 0 aliphatic rings. The molecule has 230 valence electrons. The van der Waals surface area contributed by atoms with E-state index in [4.69, 9.17) is 24.3 Å². The molecule has 0 aromatic rings. The van der Waals surface area contributed by atoms with Crippen LogP contribution in [0.15, 0.2) is 60.8 Å². The lowest BCUT2D eigenvalue weighted by molar-refractivity contribution is -0.154. The van der Waals surface area contributed by atoms with Crippen molar-refractivity contribution in [3.8, 4) is 0 Å². The number of allylic oxidation sites excluding steroid dienone is 10. The zero-order valence-corrected chi connectivity index (χ0v) is 25.7. The number of hydrogen-bond acceptors (Lipinski definition) is 7. The minimum absolute atomic E-state index is 0.0897. The van der Waals surface area contributed by atoms with Gasteiger partial charge in [-0.1, -0.05) is 87.4 Å². The molecule has 0 amide bonds. The summed E-state index contributed by atoms with van der Waals surface area (Å²) in [6, 6.07) is 0. The second-order valence-electron chi connectivity index (χ2n) is 9.23. The molecule has 0 aliphatic carbocycles. The number of carbonyl (C=O) groups is 1. The summed E-state index contributed by atoms with van der Waals surface area (Å²) in [6.45, 7) is 4.32. The van der Waals surface area contributed by atoms with Crippen LogP contribution < -0.4 is 5.73 Å². The predicted molar refractivity (Wildman–Crippen MR) is 164 cm³/mol. The van der Waals surface area contributed by atoms with Crippen molar-refractivity contribution in [2.75, 3.05) is 33.0 Å². The first-order valence-corrected chi connectivity index (χ1v) is 16.3. The third-order valence-corrected chi connectivity index (χ3v) is 6.40. The highest BCUT2D eigenvalue weighted by molar-refractivity contribution is 7.47. The number of nitrogens with two attached hydrogens (primary N) is 1. The van der Waals surface area contributed by atoms with Gasteiger partial charge in [-0.25, -0.2) is 4.57 Å².